The Morgan fingerprint density at radius 3 is 2.83 bits per heavy atom. The quantitative estimate of drug-likeness (QED) is 0.642. The SMILES string of the molecule is CCNC(=NCCc1cc(OC)ccc1OC)N1CCCC(C)C1. The zero-order valence-electron chi connectivity index (χ0n) is 15.5. The van der Waals surface area contributed by atoms with Gasteiger partial charge < -0.3 is 19.7 Å². The number of methoxy groups -OCH3 is 2. The molecule has 1 N–H and O–H groups in total. The Hall–Kier alpha value is -1.91. The summed E-state index contributed by atoms with van der Waals surface area (Å²) in [5.74, 6) is 3.51. The molecule has 5 nitrogen and oxygen atoms in total. The molecule has 0 radical (unpaired) electrons. The summed E-state index contributed by atoms with van der Waals surface area (Å²) >= 11 is 0. The van der Waals surface area contributed by atoms with E-state index in [-0.39, 0.29) is 0 Å². The molecule has 1 heterocycles. The van der Waals surface area contributed by atoms with Crippen LogP contribution in [0.5, 0.6) is 11.5 Å². The average molecular weight is 333 g/mol. The molecule has 1 aromatic carbocycles. The van der Waals surface area contributed by atoms with Crippen LogP contribution >= 0.6 is 0 Å². The Labute approximate surface area is 146 Å². The number of hydrogen-bond donors (Lipinski definition) is 1. The van der Waals surface area contributed by atoms with Crippen molar-refractivity contribution in [2.75, 3.05) is 40.4 Å². The first-order valence-electron chi connectivity index (χ1n) is 8.92. The van der Waals surface area contributed by atoms with Crippen LogP contribution in [0.25, 0.3) is 0 Å². The molecule has 0 amide bonds. The Morgan fingerprint density at radius 2 is 2.17 bits per heavy atom. The number of ether oxygens (including phenoxy) is 2. The third-order valence-electron chi connectivity index (χ3n) is 4.42. The van der Waals surface area contributed by atoms with Gasteiger partial charge in [0, 0.05) is 26.2 Å². The van der Waals surface area contributed by atoms with Crippen molar-refractivity contribution in [3.8, 4) is 11.5 Å². The molecule has 0 spiro atoms. The smallest absolute Gasteiger partial charge is 0.193 e. The van der Waals surface area contributed by atoms with Crippen molar-refractivity contribution in [3.05, 3.63) is 23.8 Å². The maximum atomic E-state index is 5.45. The molecule has 0 bridgehead atoms. The molecule has 1 aliphatic rings. The first-order chi connectivity index (χ1) is 11.7. The first kappa shape index (κ1) is 18.4. The van der Waals surface area contributed by atoms with Crippen molar-refractivity contribution in [2.45, 2.75) is 33.1 Å². The molecular weight excluding hydrogens is 302 g/mol. The van der Waals surface area contributed by atoms with Gasteiger partial charge in [0.25, 0.3) is 0 Å². The molecule has 24 heavy (non-hydrogen) atoms. The van der Waals surface area contributed by atoms with Crippen LogP contribution in [0.4, 0.5) is 0 Å². The average Bonchev–Trinajstić information content (AvgIpc) is 2.60. The number of benzene rings is 1. The molecular formula is C19H31N3O2. The highest BCUT2D eigenvalue weighted by Gasteiger charge is 2.19. The molecule has 5 heteroatoms. The monoisotopic (exact) mass is 333 g/mol. The fourth-order valence-corrected chi connectivity index (χ4v) is 3.17. The standard InChI is InChI=1S/C19H31N3O2/c1-5-20-19(22-12-6-7-15(2)14-22)21-11-10-16-13-17(23-3)8-9-18(16)24-4/h8-9,13,15H,5-7,10-12,14H2,1-4H3,(H,20,21). The van der Waals surface area contributed by atoms with Gasteiger partial charge in [-0.2, -0.15) is 0 Å². The molecule has 1 saturated heterocycles. The van der Waals surface area contributed by atoms with Crippen molar-refractivity contribution < 1.29 is 9.47 Å². The maximum Gasteiger partial charge on any atom is 0.193 e. The maximum absolute atomic E-state index is 5.45. The number of likely N-dealkylation sites (tertiary alicyclic amines) is 1. The highest BCUT2D eigenvalue weighted by Crippen LogP contribution is 2.24. The number of aliphatic imine (C=N–C) groups is 1. The number of nitrogens with zero attached hydrogens (tertiary/aromatic N) is 2. The molecule has 2 rings (SSSR count). The molecule has 1 atom stereocenters. The minimum absolute atomic E-state index is 0.733. The van der Waals surface area contributed by atoms with Gasteiger partial charge in [0.1, 0.15) is 11.5 Å². The van der Waals surface area contributed by atoms with Gasteiger partial charge in [0.05, 0.1) is 14.2 Å². The van der Waals surface area contributed by atoms with Gasteiger partial charge in [0.2, 0.25) is 0 Å². The van der Waals surface area contributed by atoms with Crippen LogP contribution in [0.1, 0.15) is 32.3 Å². The summed E-state index contributed by atoms with van der Waals surface area (Å²) in [5.41, 5.74) is 1.13. The zero-order valence-corrected chi connectivity index (χ0v) is 15.5. The highest BCUT2D eigenvalue weighted by atomic mass is 16.5. The largest absolute Gasteiger partial charge is 0.497 e. The van der Waals surface area contributed by atoms with Crippen LogP contribution in [0.15, 0.2) is 23.2 Å². The van der Waals surface area contributed by atoms with Crippen LogP contribution in [-0.4, -0.2) is 51.3 Å². The van der Waals surface area contributed by atoms with E-state index in [1.54, 1.807) is 14.2 Å². The molecule has 1 aliphatic heterocycles. The predicted molar refractivity (Wildman–Crippen MR) is 99.2 cm³/mol. The Kier molecular flexibility index (Phi) is 7.22. The lowest BCUT2D eigenvalue weighted by atomic mass is 10.0. The summed E-state index contributed by atoms with van der Waals surface area (Å²) in [6.07, 6.45) is 3.39. The lowest BCUT2D eigenvalue weighted by molar-refractivity contribution is 0.266. The molecule has 134 valence electrons. The fraction of sp³-hybridized carbons (Fsp3) is 0.632. The molecule has 1 aromatic rings. The summed E-state index contributed by atoms with van der Waals surface area (Å²) in [7, 11) is 3.39. The van der Waals surface area contributed by atoms with Crippen LogP contribution in [0.2, 0.25) is 0 Å². The molecule has 1 fully saturated rings. The second kappa shape index (κ2) is 9.40. The van der Waals surface area contributed by atoms with Gasteiger partial charge in [-0.3, -0.25) is 4.99 Å². The van der Waals surface area contributed by atoms with Gasteiger partial charge in [-0.25, -0.2) is 0 Å². The normalized spacial score (nSPS) is 18.4. The van der Waals surface area contributed by atoms with E-state index in [1.807, 2.05) is 18.2 Å². The molecule has 0 saturated carbocycles. The molecule has 0 aliphatic carbocycles. The Balaban J connectivity index is 2.04. The second-order valence-corrected chi connectivity index (χ2v) is 6.36. The summed E-state index contributed by atoms with van der Waals surface area (Å²) in [6, 6.07) is 5.91. The van der Waals surface area contributed by atoms with E-state index in [2.05, 4.69) is 24.1 Å². The number of nitrogens with one attached hydrogen (secondary N) is 1. The van der Waals surface area contributed by atoms with Gasteiger partial charge >= 0.3 is 0 Å². The van der Waals surface area contributed by atoms with E-state index in [4.69, 9.17) is 14.5 Å². The van der Waals surface area contributed by atoms with E-state index in [0.29, 0.717) is 0 Å². The fourth-order valence-electron chi connectivity index (χ4n) is 3.17. The highest BCUT2D eigenvalue weighted by molar-refractivity contribution is 5.80. The van der Waals surface area contributed by atoms with Crippen LogP contribution < -0.4 is 14.8 Å². The Morgan fingerprint density at radius 1 is 1.33 bits per heavy atom. The lowest BCUT2D eigenvalue weighted by Crippen LogP contribution is -2.46. The first-order valence-corrected chi connectivity index (χ1v) is 8.92. The van der Waals surface area contributed by atoms with E-state index in [1.165, 1.54) is 12.8 Å². The summed E-state index contributed by atoms with van der Waals surface area (Å²) in [6.45, 7) is 8.25. The third-order valence-corrected chi connectivity index (χ3v) is 4.42. The minimum Gasteiger partial charge on any atom is -0.497 e. The van der Waals surface area contributed by atoms with Gasteiger partial charge in [0.15, 0.2) is 5.96 Å². The van der Waals surface area contributed by atoms with E-state index < -0.39 is 0 Å². The number of rotatable bonds is 6. The number of guanidine groups is 1. The van der Waals surface area contributed by atoms with Crippen molar-refractivity contribution in [1.29, 1.82) is 0 Å². The predicted octanol–water partition coefficient (Wildman–Crippen LogP) is 2.94. The van der Waals surface area contributed by atoms with Gasteiger partial charge in [-0.05, 0) is 55.9 Å². The van der Waals surface area contributed by atoms with E-state index in [9.17, 15) is 0 Å². The molecule has 0 aromatic heterocycles. The Bertz CT molecular complexity index is 545. The van der Waals surface area contributed by atoms with Crippen LogP contribution in [0.3, 0.4) is 0 Å². The van der Waals surface area contributed by atoms with Crippen LogP contribution in [-0.2, 0) is 6.42 Å². The summed E-state index contributed by atoms with van der Waals surface area (Å²) in [5, 5.41) is 3.43. The zero-order chi connectivity index (χ0) is 17.4. The molecule has 1 unspecified atom stereocenters. The lowest BCUT2D eigenvalue weighted by Gasteiger charge is -2.33. The topological polar surface area (TPSA) is 46.1 Å². The van der Waals surface area contributed by atoms with Crippen molar-refractivity contribution >= 4 is 5.96 Å². The number of piperidine rings is 1. The van der Waals surface area contributed by atoms with Gasteiger partial charge in [-0.15, -0.1) is 0 Å². The van der Waals surface area contributed by atoms with E-state index in [0.717, 1.165) is 61.5 Å². The van der Waals surface area contributed by atoms with Crippen molar-refractivity contribution in [3.63, 3.8) is 0 Å². The minimum atomic E-state index is 0.733. The van der Waals surface area contributed by atoms with Crippen LogP contribution in [0, 0.1) is 5.92 Å². The number of hydrogen-bond acceptors (Lipinski definition) is 3. The third kappa shape index (κ3) is 5.05. The second-order valence-electron chi connectivity index (χ2n) is 6.36. The summed E-state index contributed by atoms with van der Waals surface area (Å²) < 4.78 is 10.8. The van der Waals surface area contributed by atoms with Gasteiger partial charge in [-0.1, -0.05) is 6.92 Å². The summed E-state index contributed by atoms with van der Waals surface area (Å²) in [4.78, 5) is 7.22. The van der Waals surface area contributed by atoms with Crippen molar-refractivity contribution in [1.82, 2.24) is 10.2 Å². The van der Waals surface area contributed by atoms with E-state index >= 15 is 0 Å². The van der Waals surface area contributed by atoms with Crippen molar-refractivity contribution in [2.24, 2.45) is 10.9 Å².